The van der Waals surface area contributed by atoms with E-state index >= 15 is 0 Å². The lowest BCUT2D eigenvalue weighted by Gasteiger charge is -2.28. The Labute approximate surface area is 144 Å². The Balaban J connectivity index is 1.59. The fraction of sp³-hybridized carbons (Fsp3) is 0.400. The van der Waals surface area contributed by atoms with Crippen molar-refractivity contribution in [2.45, 2.75) is 19.4 Å². The Morgan fingerprint density at radius 2 is 1.83 bits per heavy atom. The van der Waals surface area contributed by atoms with E-state index in [1.165, 1.54) is 0 Å². The second-order valence-corrected chi connectivity index (χ2v) is 6.33. The molecule has 0 spiro atoms. The van der Waals surface area contributed by atoms with Crippen molar-refractivity contribution in [2.24, 2.45) is 0 Å². The molecule has 2 aromatic carbocycles. The monoisotopic (exact) mass is 326 g/mol. The first kappa shape index (κ1) is 17.0. The highest BCUT2D eigenvalue weighted by Crippen LogP contribution is 2.27. The molecule has 1 heterocycles. The van der Waals surface area contributed by atoms with Gasteiger partial charge >= 0.3 is 0 Å². The molecule has 1 saturated heterocycles. The molecular weight excluding hydrogens is 300 g/mol. The highest BCUT2D eigenvalue weighted by atomic mass is 16.5. The second kappa shape index (κ2) is 8.29. The number of rotatable bonds is 6. The number of nitrogens with zero attached hydrogens (tertiary/aromatic N) is 1. The lowest BCUT2D eigenvalue weighted by atomic mass is 10.0. The third-order valence-electron chi connectivity index (χ3n) is 4.51. The molecule has 0 amide bonds. The Hall–Kier alpha value is -1.88. The van der Waals surface area contributed by atoms with E-state index in [0.29, 0.717) is 0 Å². The number of benzene rings is 2. The zero-order valence-corrected chi connectivity index (χ0v) is 14.2. The van der Waals surface area contributed by atoms with Gasteiger partial charge < -0.3 is 20.1 Å². The standard InChI is InChI=1S/C20H26N2O2/c1-16-15-18(24-17-5-3-2-4-6-17)7-8-19(16)20(23)9-12-22-13-10-21-11-14-22/h2-8,15,20-21,23H,9-14H2,1H3. The first-order valence-electron chi connectivity index (χ1n) is 8.67. The molecule has 1 fully saturated rings. The van der Waals surface area contributed by atoms with E-state index in [4.69, 9.17) is 4.74 Å². The van der Waals surface area contributed by atoms with Crippen LogP contribution in [-0.4, -0.2) is 42.7 Å². The largest absolute Gasteiger partial charge is 0.457 e. The highest BCUT2D eigenvalue weighted by Gasteiger charge is 2.15. The van der Waals surface area contributed by atoms with Crippen molar-refractivity contribution in [3.8, 4) is 11.5 Å². The SMILES string of the molecule is Cc1cc(Oc2ccccc2)ccc1C(O)CCN1CCNCC1. The number of aliphatic hydroxyl groups excluding tert-OH is 1. The number of aliphatic hydroxyl groups is 1. The van der Waals surface area contributed by atoms with Gasteiger partial charge in [-0.3, -0.25) is 0 Å². The van der Waals surface area contributed by atoms with E-state index in [0.717, 1.165) is 61.8 Å². The Morgan fingerprint density at radius 1 is 1.08 bits per heavy atom. The van der Waals surface area contributed by atoms with Crippen molar-refractivity contribution < 1.29 is 9.84 Å². The molecule has 4 heteroatoms. The smallest absolute Gasteiger partial charge is 0.127 e. The zero-order valence-electron chi connectivity index (χ0n) is 14.2. The van der Waals surface area contributed by atoms with Crippen LogP contribution in [0.15, 0.2) is 48.5 Å². The van der Waals surface area contributed by atoms with E-state index in [2.05, 4.69) is 10.2 Å². The molecule has 0 aliphatic carbocycles. The van der Waals surface area contributed by atoms with E-state index in [1.807, 2.05) is 55.5 Å². The third-order valence-corrected chi connectivity index (χ3v) is 4.51. The predicted molar refractivity (Wildman–Crippen MR) is 96.6 cm³/mol. The molecule has 2 N–H and O–H groups in total. The van der Waals surface area contributed by atoms with Gasteiger partial charge in [-0.25, -0.2) is 0 Å². The molecule has 3 rings (SSSR count). The minimum atomic E-state index is -0.425. The van der Waals surface area contributed by atoms with E-state index in [1.54, 1.807) is 0 Å². The van der Waals surface area contributed by atoms with Crippen LogP contribution in [0.3, 0.4) is 0 Å². The van der Waals surface area contributed by atoms with Gasteiger partial charge in [0.15, 0.2) is 0 Å². The van der Waals surface area contributed by atoms with Crippen molar-refractivity contribution in [1.29, 1.82) is 0 Å². The first-order chi connectivity index (χ1) is 11.7. The molecule has 0 aromatic heterocycles. The second-order valence-electron chi connectivity index (χ2n) is 6.33. The summed E-state index contributed by atoms with van der Waals surface area (Å²) < 4.78 is 5.85. The lowest BCUT2D eigenvalue weighted by molar-refractivity contribution is 0.136. The van der Waals surface area contributed by atoms with E-state index < -0.39 is 6.10 Å². The molecule has 1 aliphatic heterocycles. The predicted octanol–water partition coefficient (Wildman–Crippen LogP) is 3.12. The third kappa shape index (κ3) is 4.57. The molecule has 4 nitrogen and oxygen atoms in total. The number of hydrogen-bond donors (Lipinski definition) is 2. The maximum absolute atomic E-state index is 10.5. The summed E-state index contributed by atoms with van der Waals surface area (Å²) in [6.07, 6.45) is 0.338. The van der Waals surface area contributed by atoms with Crippen molar-refractivity contribution in [1.82, 2.24) is 10.2 Å². The van der Waals surface area contributed by atoms with Crippen LogP contribution in [0.2, 0.25) is 0 Å². The van der Waals surface area contributed by atoms with Crippen LogP contribution < -0.4 is 10.1 Å². The van der Waals surface area contributed by atoms with Crippen LogP contribution in [0.1, 0.15) is 23.7 Å². The van der Waals surface area contributed by atoms with Crippen molar-refractivity contribution in [2.75, 3.05) is 32.7 Å². The van der Waals surface area contributed by atoms with Gasteiger partial charge in [0.1, 0.15) is 11.5 Å². The minimum Gasteiger partial charge on any atom is -0.457 e. The lowest BCUT2D eigenvalue weighted by Crippen LogP contribution is -2.44. The van der Waals surface area contributed by atoms with Crippen LogP contribution in [0.25, 0.3) is 0 Å². The van der Waals surface area contributed by atoms with Crippen molar-refractivity contribution >= 4 is 0 Å². The van der Waals surface area contributed by atoms with Crippen molar-refractivity contribution in [3.63, 3.8) is 0 Å². The average molecular weight is 326 g/mol. The molecule has 0 saturated carbocycles. The van der Waals surface area contributed by atoms with Gasteiger partial charge in [-0.1, -0.05) is 24.3 Å². The Bertz CT molecular complexity index is 639. The van der Waals surface area contributed by atoms with Crippen molar-refractivity contribution in [3.05, 3.63) is 59.7 Å². The topological polar surface area (TPSA) is 44.7 Å². The molecule has 1 unspecified atom stereocenters. The summed E-state index contributed by atoms with van der Waals surface area (Å²) in [5, 5.41) is 13.9. The van der Waals surface area contributed by atoms with Gasteiger partial charge in [0, 0.05) is 32.7 Å². The van der Waals surface area contributed by atoms with Crippen LogP contribution in [0.4, 0.5) is 0 Å². The Kier molecular flexibility index (Phi) is 5.86. The minimum absolute atomic E-state index is 0.425. The highest BCUT2D eigenvalue weighted by molar-refractivity contribution is 5.38. The maximum atomic E-state index is 10.5. The van der Waals surface area contributed by atoms with Gasteiger partial charge in [0.25, 0.3) is 0 Å². The summed E-state index contributed by atoms with van der Waals surface area (Å²) in [5.41, 5.74) is 2.06. The van der Waals surface area contributed by atoms with Crippen LogP contribution in [0.5, 0.6) is 11.5 Å². The molecule has 24 heavy (non-hydrogen) atoms. The summed E-state index contributed by atoms with van der Waals surface area (Å²) in [4.78, 5) is 2.40. The maximum Gasteiger partial charge on any atom is 0.127 e. The van der Waals surface area contributed by atoms with Crippen LogP contribution in [0, 0.1) is 6.92 Å². The fourth-order valence-electron chi connectivity index (χ4n) is 3.11. The fourth-order valence-corrected chi connectivity index (χ4v) is 3.11. The summed E-state index contributed by atoms with van der Waals surface area (Å²) in [7, 11) is 0. The molecular formula is C20H26N2O2. The van der Waals surface area contributed by atoms with E-state index in [-0.39, 0.29) is 0 Å². The van der Waals surface area contributed by atoms with Gasteiger partial charge in [0.2, 0.25) is 0 Å². The molecule has 0 bridgehead atoms. The average Bonchev–Trinajstić information content (AvgIpc) is 2.61. The molecule has 2 aromatic rings. The number of ether oxygens (including phenoxy) is 1. The number of nitrogens with one attached hydrogen (secondary N) is 1. The Morgan fingerprint density at radius 3 is 2.54 bits per heavy atom. The van der Waals surface area contributed by atoms with Gasteiger partial charge in [-0.15, -0.1) is 0 Å². The number of hydrogen-bond acceptors (Lipinski definition) is 4. The molecule has 1 aliphatic rings. The van der Waals surface area contributed by atoms with Crippen LogP contribution in [-0.2, 0) is 0 Å². The number of para-hydroxylation sites is 1. The molecule has 0 radical (unpaired) electrons. The number of piperazine rings is 1. The summed E-state index contributed by atoms with van der Waals surface area (Å²) in [6, 6.07) is 15.7. The van der Waals surface area contributed by atoms with E-state index in [9.17, 15) is 5.11 Å². The van der Waals surface area contributed by atoms with Crippen LogP contribution >= 0.6 is 0 Å². The zero-order chi connectivity index (χ0) is 16.8. The normalized spacial score (nSPS) is 16.8. The summed E-state index contributed by atoms with van der Waals surface area (Å²) in [5.74, 6) is 1.63. The van der Waals surface area contributed by atoms with Gasteiger partial charge in [0.05, 0.1) is 6.10 Å². The van der Waals surface area contributed by atoms with Gasteiger partial charge in [-0.05, 0) is 48.7 Å². The quantitative estimate of drug-likeness (QED) is 0.856. The molecule has 1 atom stereocenters. The summed E-state index contributed by atoms with van der Waals surface area (Å²) >= 11 is 0. The molecule has 128 valence electrons. The number of aryl methyl sites for hydroxylation is 1. The summed E-state index contributed by atoms with van der Waals surface area (Å²) in [6.45, 7) is 7.18. The van der Waals surface area contributed by atoms with Gasteiger partial charge in [-0.2, -0.15) is 0 Å². The first-order valence-corrected chi connectivity index (χ1v) is 8.67.